The van der Waals surface area contributed by atoms with Crippen molar-refractivity contribution in [3.63, 3.8) is 0 Å². The van der Waals surface area contributed by atoms with Crippen LogP contribution in [0.1, 0.15) is 41.5 Å². The van der Waals surface area contributed by atoms with Crippen LogP contribution < -0.4 is 16.4 Å². The van der Waals surface area contributed by atoms with Crippen LogP contribution in [0, 0.1) is 5.41 Å². The SMILES string of the molecule is CC(C)(C)NC(N)=NCCNC(=O)C(C)(C)C.I. The van der Waals surface area contributed by atoms with Crippen LogP contribution in [0.25, 0.3) is 0 Å². The summed E-state index contributed by atoms with van der Waals surface area (Å²) in [6, 6.07) is 0. The van der Waals surface area contributed by atoms with E-state index in [1.165, 1.54) is 0 Å². The quantitative estimate of drug-likeness (QED) is 0.305. The first kappa shape index (κ1) is 19.8. The van der Waals surface area contributed by atoms with E-state index >= 15 is 0 Å². The molecule has 108 valence electrons. The number of hydrogen-bond acceptors (Lipinski definition) is 2. The maximum absolute atomic E-state index is 11.5. The van der Waals surface area contributed by atoms with Crippen LogP contribution in [0.4, 0.5) is 0 Å². The number of nitrogens with two attached hydrogens (primary N) is 1. The third kappa shape index (κ3) is 10.6. The second-order valence-electron chi connectivity index (χ2n) is 6.15. The van der Waals surface area contributed by atoms with E-state index in [4.69, 9.17) is 5.73 Å². The van der Waals surface area contributed by atoms with Gasteiger partial charge in [-0.1, -0.05) is 20.8 Å². The number of carbonyl (C=O) groups excluding carboxylic acids is 1. The molecule has 0 aliphatic rings. The fourth-order valence-corrected chi connectivity index (χ4v) is 1.03. The number of guanidine groups is 1. The number of hydrogen-bond donors (Lipinski definition) is 3. The lowest BCUT2D eigenvalue weighted by Gasteiger charge is -2.21. The van der Waals surface area contributed by atoms with Gasteiger partial charge in [0.05, 0.1) is 6.54 Å². The predicted molar refractivity (Wildman–Crippen MR) is 87.3 cm³/mol. The number of carbonyl (C=O) groups is 1. The summed E-state index contributed by atoms with van der Waals surface area (Å²) in [4.78, 5) is 15.7. The van der Waals surface area contributed by atoms with Crippen LogP contribution >= 0.6 is 24.0 Å². The molecule has 5 nitrogen and oxygen atoms in total. The lowest BCUT2D eigenvalue weighted by Crippen LogP contribution is -2.45. The fourth-order valence-electron chi connectivity index (χ4n) is 1.03. The van der Waals surface area contributed by atoms with E-state index in [2.05, 4.69) is 15.6 Å². The molecular formula is C12H27IN4O. The smallest absolute Gasteiger partial charge is 0.225 e. The van der Waals surface area contributed by atoms with Gasteiger partial charge in [-0.3, -0.25) is 9.79 Å². The van der Waals surface area contributed by atoms with Crippen molar-refractivity contribution in [1.82, 2.24) is 10.6 Å². The Morgan fingerprint density at radius 1 is 1.17 bits per heavy atom. The minimum Gasteiger partial charge on any atom is -0.370 e. The van der Waals surface area contributed by atoms with Crippen molar-refractivity contribution in [2.24, 2.45) is 16.1 Å². The fraction of sp³-hybridized carbons (Fsp3) is 0.833. The highest BCUT2D eigenvalue weighted by atomic mass is 127. The number of amides is 1. The van der Waals surface area contributed by atoms with Gasteiger partial charge in [0.15, 0.2) is 5.96 Å². The molecule has 0 aliphatic heterocycles. The molecule has 0 aromatic carbocycles. The van der Waals surface area contributed by atoms with Gasteiger partial charge in [-0.2, -0.15) is 0 Å². The van der Waals surface area contributed by atoms with Gasteiger partial charge in [0.1, 0.15) is 0 Å². The van der Waals surface area contributed by atoms with Crippen LogP contribution in [-0.2, 0) is 4.79 Å². The van der Waals surface area contributed by atoms with Gasteiger partial charge in [-0.05, 0) is 20.8 Å². The number of nitrogens with zero attached hydrogens (tertiary/aromatic N) is 1. The first-order chi connectivity index (χ1) is 7.52. The highest BCUT2D eigenvalue weighted by Crippen LogP contribution is 2.11. The van der Waals surface area contributed by atoms with Crippen molar-refractivity contribution in [2.75, 3.05) is 13.1 Å². The number of rotatable bonds is 3. The second-order valence-corrected chi connectivity index (χ2v) is 6.15. The number of nitrogens with one attached hydrogen (secondary N) is 2. The van der Waals surface area contributed by atoms with E-state index in [0.717, 1.165) is 0 Å². The van der Waals surface area contributed by atoms with Crippen molar-refractivity contribution in [1.29, 1.82) is 0 Å². The van der Waals surface area contributed by atoms with Crippen molar-refractivity contribution in [3.8, 4) is 0 Å². The highest BCUT2D eigenvalue weighted by molar-refractivity contribution is 14.0. The van der Waals surface area contributed by atoms with Gasteiger partial charge in [-0.15, -0.1) is 24.0 Å². The molecular weight excluding hydrogens is 343 g/mol. The Morgan fingerprint density at radius 3 is 2.06 bits per heavy atom. The standard InChI is InChI=1S/C12H26N4O.HI/c1-11(2,3)9(17)14-7-8-15-10(13)16-12(4,5)6;/h7-8H2,1-6H3,(H,14,17)(H3,13,15,16);1H. The summed E-state index contributed by atoms with van der Waals surface area (Å²) < 4.78 is 0. The van der Waals surface area contributed by atoms with E-state index in [1.807, 2.05) is 41.5 Å². The molecule has 0 saturated carbocycles. The molecule has 1 amide bonds. The van der Waals surface area contributed by atoms with Crippen LogP contribution in [-0.4, -0.2) is 30.5 Å². The Hall–Kier alpha value is -0.530. The molecule has 0 atom stereocenters. The minimum atomic E-state index is -0.362. The number of aliphatic imine (C=N–C) groups is 1. The molecule has 0 radical (unpaired) electrons. The summed E-state index contributed by atoms with van der Waals surface area (Å²) in [6.07, 6.45) is 0. The van der Waals surface area contributed by atoms with E-state index in [-0.39, 0.29) is 40.8 Å². The Balaban J connectivity index is 0. The Labute approximate surface area is 127 Å². The minimum absolute atomic E-state index is 0. The molecule has 0 rings (SSSR count). The van der Waals surface area contributed by atoms with Crippen molar-refractivity contribution in [3.05, 3.63) is 0 Å². The van der Waals surface area contributed by atoms with Crippen molar-refractivity contribution >= 4 is 35.8 Å². The molecule has 6 heteroatoms. The monoisotopic (exact) mass is 370 g/mol. The third-order valence-corrected chi connectivity index (χ3v) is 1.86. The molecule has 18 heavy (non-hydrogen) atoms. The van der Waals surface area contributed by atoms with Crippen molar-refractivity contribution < 1.29 is 4.79 Å². The summed E-state index contributed by atoms with van der Waals surface area (Å²) >= 11 is 0. The molecule has 4 N–H and O–H groups in total. The summed E-state index contributed by atoms with van der Waals surface area (Å²) in [7, 11) is 0. The van der Waals surface area contributed by atoms with Crippen molar-refractivity contribution in [2.45, 2.75) is 47.1 Å². The van der Waals surface area contributed by atoms with Gasteiger partial charge in [0.25, 0.3) is 0 Å². The zero-order valence-corrected chi connectivity index (χ0v) is 14.6. The van der Waals surface area contributed by atoms with E-state index in [9.17, 15) is 4.79 Å². The molecule has 0 aromatic heterocycles. The van der Waals surface area contributed by atoms with E-state index < -0.39 is 0 Å². The highest BCUT2D eigenvalue weighted by Gasteiger charge is 2.20. The number of halogens is 1. The van der Waals surface area contributed by atoms with Crippen LogP contribution in [0.15, 0.2) is 4.99 Å². The Kier molecular flexibility index (Phi) is 8.59. The van der Waals surface area contributed by atoms with Crippen LogP contribution in [0.3, 0.4) is 0 Å². The maximum Gasteiger partial charge on any atom is 0.225 e. The largest absolute Gasteiger partial charge is 0.370 e. The molecule has 0 bridgehead atoms. The van der Waals surface area contributed by atoms with Crippen LogP contribution in [0.2, 0.25) is 0 Å². The first-order valence-corrected chi connectivity index (χ1v) is 5.89. The molecule has 0 saturated heterocycles. The lowest BCUT2D eigenvalue weighted by atomic mass is 9.96. The molecule has 0 unspecified atom stereocenters. The summed E-state index contributed by atoms with van der Waals surface area (Å²) in [6.45, 7) is 12.6. The topological polar surface area (TPSA) is 79.5 Å². The zero-order chi connectivity index (χ0) is 13.7. The first-order valence-electron chi connectivity index (χ1n) is 5.89. The van der Waals surface area contributed by atoms with E-state index in [1.54, 1.807) is 0 Å². The Bertz CT molecular complexity index is 289. The molecule has 0 spiro atoms. The molecule has 0 aromatic rings. The second kappa shape index (κ2) is 7.81. The zero-order valence-electron chi connectivity index (χ0n) is 12.3. The van der Waals surface area contributed by atoms with Gasteiger partial charge in [0, 0.05) is 17.5 Å². The molecule has 0 aliphatic carbocycles. The van der Waals surface area contributed by atoms with Gasteiger partial charge < -0.3 is 16.4 Å². The molecule has 0 fully saturated rings. The average Bonchev–Trinajstić information content (AvgIpc) is 2.07. The average molecular weight is 370 g/mol. The summed E-state index contributed by atoms with van der Waals surface area (Å²) in [5, 5.41) is 5.86. The third-order valence-electron chi connectivity index (χ3n) is 1.86. The van der Waals surface area contributed by atoms with Crippen LogP contribution in [0.5, 0.6) is 0 Å². The van der Waals surface area contributed by atoms with Gasteiger partial charge >= 0.3 is 0 Å². The summed E-state index contributed by atoms with van der Waals surface area (Å²) in [5.41, 5.74) is 5.23. The summed E-state index contributed by atoms with van der Waals surface area (Å²) in [5.74, 6) is 0.428. The van der Waals surface area contributed by atoms with E-state index in [0.29, 0.717) is 19.0 Å². The lowest BCUT2D eigenvalue weighted by molar-refractivity contribution is -0.128. The molecule has 0 heterocycles. The maximum atomic E-state index is 11.5. The Morgan fingerprint density at radius 2 is 1.67 bits per heavy atom. The van der Waals surface area contributed by atoms with Gasteiger partial charge in [0.2, 0.25) is 5.91 Å². The normalized spacial score (nSPS) is 12.7. The van der Waals surface area contributed by atoms with Gasteiger partial charge in [-0.25, -0.2) is 0 Å². The predicted octanol–water partition coefficient (Wildman–Crippen LogP) is 1.47.